The van der Waals surface area contributed by atoms with Gasteiger partial charge in [0.25, 0.3) is 0 Å². The highest BCUT2D eigenvalue weighted by atomic mass is 28.3. The van der Waals surface area contributed by atoms with E-state index in [-0.39, 0.29) is 0 Å². The average Bonchev–Trinajstić information content (AvgIpc) is 1.60. The average molecular weight is 158 g/mol. The molecule has 0 atom stereocenters. The quantitative estimate of drug-likeness (QED) is 0.537. The highest BCUT2D eigenvalue weighted by Gasteiger charge is 2.24. The third kappa shape index (κ3) is 5.04. The van der Waals surface area contributed by atoms with Crippen LogP contribution in [0.5, 0.6) is 0 Å². The molecule has 0 N–H and O–H groups in total. The molecule has 0 nitrogen and oxygen atoms in total. The highest BCUT2D eigenvalue weighted by molar-refractivity contribution is 6.77. The molecule has 0 rings (SSSR count). The van der Waals surface area contributed by atoms with Crippen LogP contribution in [0.4, 0.5) is 0 Å². The van der Waals surface area contributed by atoms with Gasteiger partial charge in [-0.3, -0.25) is 0 Å². The van der Waals surface area contributed by atoms with Crippen molar-refractivity contribution in [2.24, 2.45) is 5.41 Å². The number of rotatable bonds is 2. The van der Waals surface area contributed by atoms with E-state index in [1.807, 2.05) is 0 Å². The number of hydrogen-bond acceptors (Lipinski definition) is 0. The molecule has 0 aromatic carbocycles. The van der Waals surface area contributed by atoms with Crippen molar-refractivity contribution < 1.29 is 0 Å². The molecule has 0 aromatic heterocycles. The molecule has 10 heavy (non-hydrogen) atoms. The predicted octanol–water partition coefficient (Wildman–Crippen LogP) is 3.76. The summed E-state index contributed by atoms with van der Waals surface area (Å²) in [6, 6.07) is 2.88. The smallest absolute Gasteiger partial charge is 0.0476 e. The molecule has 0 aliphatic rings. The van der Waals surface area contributed by atoms with Crippen LogP contribution in [0.3, 0.4) is 0 Å². The van der Waals surface area contributed by atoms with Gasteiger partial charge in [-0.1, -0.05) is 52.9 Å². The first-order valence-electron chi connectivity index (χ1n) is 4.27. The van der Waals surface area contributed by atoms with Gasteiger partial charge in [-0.15, -0.1) is 0 Å². The SMILES string of the molecule is CC[Si](C)(C)CC(C)(C)C. The maximum Gasteiger partial charge on any atom is 0.0476 e. The van der Waals surface area contributed by atoms with Gasteiger partial charge in [0.1, 0.15) is 0 Å². The van der Waals surface area contributed by atoms with E-state index in [2.05, 4.69) is 40.8 Å². The summed E-state index contributed by atoms with van der Waals surface area (Å²) in [6.07, 6.45) is 0. The third-order valence-electron chi connectivity index (χ3n) is 1.97. The summed E-state index contributed by atoms with van der Waals surface area (Å²) in [6.45, 7) is 14.3. The highest BCUT2D eigenvalue weighted by Crippen LogP contribution is 2.29. The molecule has 0 saturated heterocycles. The van der Waals surface area contributed by atoms with Gasteiger partial charge >= 0.3 is 0 Å². The Morgan fingerprint density at radius 2 is 1.50 bits per heavy atom. The summed E-state index contributed by atoms with van der Waals surface area (Å²) >= 11 is 0. The second-order valence-corrected chi connectivity index (χ2v) is 10.6. The minimum Gasteiger partial charge on any atom is -0.0693 e. The summed E-state index contributed by atoms with van der Waals surface area (Å²) in [5.74, 6) is 0. The summed E-state index contributed by atoms with van der Waals surface area (Å²) < 4.78 is 0. The zero-order chi connectivity index (χ0) is 8.41. The first kappa shape index (κ1) is 10.2. The molecule has 0 fully saturated rings. The molecule has 0 aliphatic carbocycles. The molecule has 62 valence electrons. The van der Waals surface area contributed by atoms with Gasteiger partial charge in [-0.05, 0) is 5.41 Å². The fourth-order valence-corrected chi connectivity index (χ4v) is 4.68. The van der Waals surface area contributed by atoms with Gasteiger partial charge in [0.05, 0.1) is 0 Å². The van der Waals surface area contributed by atoms with E-state index in [1.165, 1.54) is 12.1 Å². The van der Waals surface area contributed by atoms with Crippen molar-refractivity contribution in [2.45, 2.75) is 52.9 Å². The van der Waals surface area contributed by atoms with E-state index in [9.17, 15) is 0 Å². The molecule has 0 aromatic rings. The van der Waals surface area contributed by atoms with Crippen LogP contribution in [0.1, 0.15) is 27.7 Å². The molecule has 0 spiro atoms. The molecule has 0 heterocycles. The normalized spacial score (nSPS) is 13.8. The van der Waals surface area contributed by atoms with E-state index in [4.69, 9.17) is 0 Å². The van der Waals surface area contributed by atoms with E-state index in [0.717, 1.165) is 0 Å². The molecule has 1 heteroatoms. The Labute approximate surface area is 67.0 Å². The Morgan fingerprint density at radius 3 is 1.60 bits per heavy atom. The molecule has 0 radical (unpaired) electrons. The van der Waals surface area contributed by atoms with Crippen LogP contribution in [0.25, 0.3) is 0 Å². The molecular formula is C9H22Si. The Bertz CT molecular complexity index is 97.8. The fourth-order valence-electron chi connectivity index (χ4n) is 1.56. The lowest BCUT2D eigenvalue weighted by atomic mass is 10.0. The Hall–Kier alpha value is 0.217. The molecule has 0 unspecified atom stereocenters. The van der Waals surface area contributed by atoms with Crippen LogP contribution in [-0.4, -0.2) is 8.07 Å². The number of hydrogen-bond donors (Lipinski definition) is 0. The summed E-state index contributed by atoms with van der Waals surface area (Å²) in [5, 5.41) is 0. The van der Waals surface area contributed by atoms with E-state index < -0.39 is 8.07 Å². The van der Waals surface area contributed by atoms with Crippen molar-refractivity contribution in [2.75, 3.05) is 0 Å². The van der Waals surface area contributed by atoms with Crippen LogP contribution in [0, 0.1) is 5.41 Å². The molecule has 0 amide bonds. The minimum absolute atomic E-state index is 0.547. The van der Waals surface area contributed by atoms with E-state index >= 15 is 0 Å². The maximum absolute atomic E-state index is 2.48. The standard InChI is InChI=1S/C9H22Si/c1-7-10(5,6)8-9(2,3)4/h7-8H2,1-6H3. The third-order valence-corrected chi connectivity index (χ3v) is 5.90. The van der Waals surface area contributed by atoms with Gasteiger partial charge < -0.3 is 0 Å². The Balaban J connectivity index is 3.89. The molecule has 0 saturated carbocycles. The second kappa shape index (κ2) is 3.08. The van der Waals surface area contributed by atoms with Crippen molar-refractivity contribution in [1.29, 1.82) is 0 Å². The minimum atomic E-state index is -0.813. The van der Waals surface area contributed by atoms with Crippen LogP contribution >= 0.6 is 0 Å². The van der Waals surface area contributed by atoms with Crippen molar-refractivity contribution in [3.8, 4) is 0 Å². The van der Waals surface area contributed by atoms with Gasteiger partial charge in [0.15, 0.2) is 0 Å². The maximum atomic E-state index is 2.48. The Morgan fingerprint density at radius 1 is 1.10 bits per heavy atom. The van der Waals surface area contributed by atoms with Gasteiger partial charge in [0, 0.05) is 8.07 Å². The van der Waals surface area contributed by atoms with Gasteiger partial charge in [0.2, 0.25) is 0 Å². The lowest BCUT2D eigenvalue weighted by Gasteiger charge is -2.29. The van der Waals surface area contributed by atoms with Crippen LogP contribution in [0.15, 0.2) is 0 Å². The zero-order valence-electron chi connectivity index (χ0n) is 8.41. The molecular weight excluding hydrogens is 136 g/mol. The van der Waals surface area contributed by atoms with E-state index in [1.54, 1.807) is 0 Å². The van der Waals surface area contributed by atoms with Crippen molar-refractivity contribution in [1.82, 2.24) is 0 Å². The predicted molar refractivity (Wildman–Crippen MR) is 52.2 cm³/mol. The largest absolute Gasteiger partial charge is 0.0693 e. The van der Waals surface area contributed by atoms with Crippen LogP contribution < -0.4 is 0 Å². The topological polar surface area (TPSA) is 0 Å². The van der Waals surface area contributed by atoms with Crippen molar-refractivity contribution >= 4 is 8.07 Å². The first-order chi connectivity index (χ1) is 4.27. The first-order valence-corrected chi connectivity index (χ1v) is 7.68. The van der Waals surface area contributed by atoms with Crippen molar-refractivity contribution in [3.05, 3.63) is 0 Å². The second-order valence-electron chi connectivity index (χ2n) is 5.26. The zero-order valence-corrected chi connectivity index (χ0v) is 9.41. The monoisotopic (exact) mass is 158 g/mol. The summed E-state index contributed by atoms with van der Waals surface area (Å²) in [5.41, 5.74) is 0.547. The van der Waals surface area contributed by atoms with Gasteiger partial charge in [-0.2, -0.15) is 0 Å². The van der Waals surface area contributed by atoms with Crippen LogP contribution in [0.2, 0.25) is 25.2 Å². The lowest BCUT2D eigenvalue weighted by molar-refractivity contribution is 0.460. The summed E-state index contributed by atoms with van der Waals surface area (Å²) in [7, 11) is -0.813. The molecule has 0 bridgehead atoms. The van der Waals surface area contributed by atoms with E-state index in [0.29, 0.717) is 5.41 Å². The Kier molecular flexibility index (Phi) is 3.15. The van der Waals surface area contributed by atoms with Crippen molar-refractivity contribution in [3.63, 3.8) is 0 Å². The summed E-state index contributed by atoms with van der Waals surface area (Å²) in [4.78, 5) is 0. The fraction of sp³-hybridized carbons (Fsp3) is 1.00. The lowest BCUT2D eigenvalue weighted by Crippen LogP contribution is -2.29. The molecule has 0 aliphatic heterocycles. The van der Waals surface area contributed by atoms with Crippen LogP contribution in [-0.2, 0) is 0 Å². The van der Waals surface area contributed by atoms with Gasteiger partial charge in [-0.25, -0.2) is 0 Å².